The van der Waals surface area contributed by atoms with E-state index in [0.29, 0.717) is 21.3 Å². The lowest BCUT2D eigenvalue weighted by atomic mass is 10.0. The van der Waals surface area contributed by atoms with Gasteiger partial charge in [0.25, 0.3) is 0 Å². The van der Waals surface area contributed by atoms with Gasteiger partial charge in [0.15, 0.2) is 6.20 Å². The van der Waals surface area contributed by atoms with Crippen LogP contribution in [-0.2, 0) is 0 Å². The summed E-state index contributed by atoms with van der Waals surface area (Å²) in [4.78, 5) is 18.5. The lowest BCUT2D eigenvalue weighted by Crippen LogP contribution is -2.08. The van der Waals surface area contributed by atoms with E-state index in [1.807, 2.05) is 5.38 Å². The molecule has 0 aliphatic rings. The minimum Gasteiger partial charge on any atom is -0.478 e. The van der Waals surface area contributed by atoms with Gasteiger partial charge in [0.1, 0.15) is 11.9 Å². The Morgan fingerprint density at radius 1 is 1.36 bits per heavy atom. The first-order valence-electron chi connectivity index (χ1n) is 7.10. The molecule has 1 aromatic carbocycles. The summed E-state index contributed by atoms with van der Waals surface area (Å²) in [6.07, 6.45) is 0.667. The second-order valence-corrected chi connectivity index (χ2v) is 6.73. The molecule has 2 aromatic heterocycles. The second-order valence-electron chi connectivity index (χ2n) is 5.10. The first-order valence-corrected chi connectivity index (χ1v) is 8.84. The van der Waals surface area contributed by atoms with Crippen LogP contribution in [0.2, 0.25) is 0 Å². The number of nitrogens with zero attached hydrogens (tertiary/aromatic N) is 3. The van der Waals surface area contributed by atoms with Crippen molar-refractivity contribution >= 4 is 33.1 Å². The predicted molar refractivity (Wildman–Crippen MR) is 95.1 cm³/mol. The lowest BCUT2D eigenvalue weighted by molar-refractivity contribution is -0.390. The SMILES string of the molecule is CC(Oc1cc(Br)cnc1[N+](=O)[O-])c1cc(F)ccc1-c1cscn1. The Labute approximate surface area is 154 Å². The molecule has 0 radical (unpaired) electrons. The Kier molecular flexibility index (Phi) is 5.05. The topological polar surface area (TPSA) is 78.2 Å². The van der Waals surface area contributed by atoms with E-state index < -0.39 is 22.7 Å². The zero-order valence-electron chi connectivity index (χ0n) is 12.8. The van der Waals surface area contributed by atoms with Gasteiger partial charge in [0, 0.05) is 22.6 Å². The molecule has 128 valence electrons. The van der Waals surface area contributed by atoms with Gasteiger partial charge in [-0.3, -0.25) is 0 Å². The molecule has 0 aliphatic heterocycles. The number of rotatable bonds is 5. The third-order valence-electron chi connectivity index (χ3n) is 3.44. The van der Waals surface area contributed by atoms with Gasteiger partial charge in [0.2, 0.25) is 5.75 Å². The van der Waals surface area contributed by atoms with E-state index in [1.165, 1.54) is 35.7 Å². The van der Waals surface area contributed by atoms with Crippen molar-refractivity contribution in [1.29, 1.82) is 0 Å². The number of ether oxygens (including phenoxy) is 1. The van der Waals surface area contributed by atoms with Crippen LogP contribution < -0.4 is 4.74 Å². The van der Waals surface area contributed by atoms with Crippen LogP contribution in [0.15, 0.2) is 45.8 Å². The van der Waals surface area contributed by atoms with Crippen LogP contribution in [0.1, 0.15) is 18.6 Å². The van der Waals surface area contributed by atoms with Crippen LogP contribution in [0, 0.1) is 15.9 Å². The molecule has 0 amide bonds. The van der Waals surface area contributed by atoms with Crippen molar-refractivity contribution in [2.45, 2.75) is 13.0 Å². The standard InChI is InChI=1S/C16H11BrFN3O3S/c1-9(24-15-4-10(17)6-19-16(15)21(22)23)13-5-11(18)2-3-12(13)14-7-25-8-20-14/h2-9H,1H3. The van der Waals surface area contributed by atoms with Gasteiger partial charge >= 0.3 is 5.82 Å². The van der Waals surface area contributed by atoms with Crippen LogP contribution in [0.25, 0.3) is 11.3 Å². The maximum absolute atomic E-state index is 13.8. The summed E-state index contributed by atoms with van der Waals surface area (Å²) in [7, 11) is 0. The van der Waals surface area contributed by atoms with Gasteiger partial charge in [-0.25, -0.2) is 9.37 Å². The monoisotopic (exact) mass is 423 g/mol. The second kappa shape index (κ2) is 7.24. The number of nitro groups is 1. The van der Waals surface area contributed by atoms with Gasteiger partial charge in [-0.05, 0) is 51.0 Å². The molecule has 0 N–H and O–H groups in total. The van der Waals surface area contributed by atoms with E-state index in [2.05, 4.69) is 25.9 Å². The predicted octanol–water partition coefficient (Wildman–Crippen LogP) is 5.15. The van der Waals surface area contributed by atoms with Gasteiger partial charge < -0.3 is 14.9 Å². The Bertz CT molecular complexity index is 921. The van der Waals surface area contributed by atoms with Crippen molar-refractivity contribution in [3.63, 3.8) is 0 Å². The van der Waals surface area contributed by atoms with Crippen LogP contribution in [0.4, 0.5) is 10.2 Å². The third kappa shape index (κ3) is 3.83. The maximum Gasteiger partial charge on any atom is 0.406 e. The highest BCUT2D eigenvalue weighted by atomic mass is 79.9. The number of benzene rings is 1. The smallest absolute Gasteiger partial charge is 0.406 e. The van der Waals surface area contributed by atoms with E-state index in [1.54, 1.807) is 18.5 Å². The molecule has 9 heteroatoms. The molecule has 0 saturated carbocycles. The Hall–Kier alpha value is -2.39. The van der Waals surface area contributed by atoms with Crippen LogP contribution in [-0.4, -0.2) is 14.9 Å². The normalized spacial score (nSPS) is 12.0. The van der Waals surface area contributed by atoms with E-state index in [4.69, 9.17) is 4.74 Å². The zero-order valence-corrected chi connectivity index (χ0v) is 15.3. The molecule has 3 rings (SSSR count). The van der Waals surface area contributed by atoms with E-state index in [9.17, 15) is 14.5 Å². The van der Waals surface area contributed by atoms with Gasteiger partial charge in [-0.1, -0.05) is 0 Å². The highest BCUT2D eigenvalue weighted by molar-refractivity contribution is 9.10. The lowest BCUT2D eigenvalue weighted by Gasteiger charge is -2.18. The zero-order chi connectivity index (χ0) is 18.0. The third-order valence-corrected chi connectivity index (χ3v) is 4.46. The summed E-state index contributed by atoms with van der Waals surface area (Å²) in [6, 6.07) is 5.77. The fourth-order valence-corrected chi connectivity index (χ4v) is 3.20. The molecule has 0 fully saturated rings. The Morgan fingerprint density at radius 2 is 2.16 bits per heavy atom. The molecule has 2 heterocycles. The molecule has 0 spiro atoms. The van der Waals surface area contributed by atoms with E-state index in [-0.39, 0.29) is 5.75 Å². The summed E-state index contributed by atoms with van der Waals surface area (Å²) < 4.78 is 20.0. The first-order chi connectivity index (χ1) is 12.0. The van der Waals surface area contributed by atoms with Crippen molar-refractivity contribution < 1.29 is 14.1 Å². The van der Waals surface area contributed by atoms with Crippen molar-refractivity contribution in [1.82, 2.24) is 9.97 Å². The average molecular weight is 424 g/mol. The van der Waals surface area contributed by atoms with Crippen molar-refractivity contribution in [2.24, 2.45) is 0 Å². The molecule has 0 bridgehead atoms. The highest BCUT2D eigenvalue weighted by Crippen LogP contribution is 2.35. The van der Waals surface area contributed by atoms with Crippen molar-refractivity contribution in [3.8, 4) is 17.0 Å². The highest BCUT2D eigenvalue weighted by Gasteiger charge is 2.22. The van der Waals surface area contributed by atoms with Crippen LogP contribution in [0.5, 0.6) is 5.75 Å². The van der Waals surface area contributed by atoms with Crippen LogP contribution in [0.3, 0.4) is 0 Å². The van der Waals surface area contributed by atoms with Crippen LogP contribution >= 0.6 is 27.3 Å². The molecular formula is C16H11BrFN3O3S. The molecule has 6 nitrogen and oxygen atoms in total. The van der Waals surface area contributed by atoms with E-state index >= 15 is 0 Å². The first kappa shape index (κ1) is 17.4. The fraction of sp³-hybridized carbons (Fsp3) is 0.125. The minimum atomic E-state index is -0.651. The quantitative estimate of drug-likeness (QED) is 0.418. The number of pyridine rings is 1. The molecule has 0 saturated heterocycles. The number of thiazole rings is 1. The number of hydrogen-bond acceptors (Lipinski definition) is 6. The van der Waals surface area contributed by atoms with Gasteiger partial charge in [-0.2, -0.15) is 0 Å². The molecular weight excluding hydrogens is 413 g/mol. The summed E-state index contributed by atoms with van der Waals surface area (Å²) in [5.41, 5.74) is 3.62. The summed E-state index contributed by atoms with van der Waals surface area (Å²) >= 11 is 4.64. The average Bonchev–Trinajstić information content (AvgIpc) is 3.08. The molecule has 3 aromatic rings. The molecule has 25 heavy (non-hydrogen) atoms. The Balaban J connectivity index is 2.00. The maximum atomic E-state index is 13.8. The van der Waals surface area contributed by atoms with Gasteiger partial charge in [-0.15, -0.1) is 11.3 Å². The number of halogens is 2. The Morgan fingerprint density at radius 3 is 2.84 bits per heavy atom. The van der Waals surface area contributed by atoms with E-state index in [0.717, 1.165) is 0 Å². The van der Waals surface area contributed by atoms with Crippen molar-refractivity contribution in [3.05, 3.63) is 67.3 Å². The summed E-state index contributed by atoms with van der Waals surface area (Å²) in [5.74, 6) is -0.826. The fourth-order valence-electron chi connectivity index (χ4n) is 2.34. The minimum absolute atomic E-state index is 0.000337. The molecule has 0 aliphatic carbocycles. The molecule has 1 unspecified atom stereocenters. The number of aromatic nitrogens is 2. The largest absolute Gasteiger partial charge is 0.478 e. The molecule has 1 atom stereocenters. The van der Waals surface area contributed by atoms with Crippen molar-refractivity contribution in [2.75, 3.05) is 0 Å². The summed E-state index contributed by atoms with van der Waals surface area (Å²) in [6.45, 7) is 1.69. The summed E-state index contributed by atoms with van der Waals surface area (Å²) in [5, 5.41) is 13.0. The number of hydrogen-bond donors (Lipinski definition) is 0. The van der Waals surface area contributed by atoms with Gasteiger partial charge in [0.05, 0.1) is 15.7 Å².